The first-order valence-electron chi connectivity index (χ1n) is 5.65. The van der Waals surface area contributed by atoms with E-state index >= 15 is 0 Å². The van der Waals surface area contributed by atoms with Crippen LogP contribution >= 0.6 is 0 Å². The normalized spacial score (nSPS) is 11.7. The zero-order valence-electron chi connectivity index (χ0n) is 10.5. The first-order chi connectivity index (χ1) is 8.06. The van der Waals surface area contributed by atoms with Crippen molar-refractivity contribution >= 4 is 5.97 Å². The standard InChI is InChI=1S/C14H18O3/c1-5-10(3)12-7-13(16-6-2)9-14(8-12)17-11(4)15/h5,7-10H,1,6H2,2-4H3. The van der Waals surface area contributed by atoms with E-state index in [0.29, 0.717) is 18.1 Å². The van der Waals surface area contributed by atoms with Gasteiger partial charge in [0.2, 0.25) is 0 Å². The van der Waals surface area contributed by atoms with Crippen molar-refractivity contribution in [2.75, 3.05) is 6.61 Å². The molecule has 3 nitrogen and oxygen atoms in total. The largest absolute Gasteiger partial charge is 0.494 e. The van der Waals surface area contributed by atoms with E-state index in [2.05, 4.69) is 6.58 Å². The van der Waals surface area contributed by atoms with E-state index in [-0.39, 0.29) is 11.9 Å². The maximum atomic E-state index is 10.9. The molecule has 3 heteroatoms. The molecule has 0 saturated carbocycles. The number of benzene rings is 1. The number of allylic oxidation sites excluding steroid dienone is 1. The molecular formula is C14H18O3. The van der Waals surface area contributed by atoms with Crippen LogP contribution in [0.3, 0.4) is 0 Å². The number of hydrogen-bond acceptors (Lipinski definition) is 3. The molecule has 1 aromatic rings. The second kappa shape index (κ2) is 6.09. The van der Waals surface area contributed by atoms with Crippen molar-refractivity contribution in [3.63, 3.8) is 0 Å². The lowest BCUT2D eigenvalue weighted by Gasteiger charge is -2.12. The van der Waals surface area contributed by atoms with Gasteiger partial charge in [0.15, 0.2) is 0 Å². The third kappa shape index (κ3) is 3.94. The first kappa shape index (κ1) is 13.3. The highest BCUT2D eigenvalue weighted by Gasteiger charge is 2.08. The van der Waals surface area contributed by atoms with Crippen molar-refractivity contribution in [3.8, 4) is 11.5 Å². The fraction of sp³-hybridized carbons (Fsp3) is 0.357. The molecule has 0 aromatic heterocycles. The molecule has 0 bridgehead atoms. The molecule has 0 aliphatic rings. The Morgan fingerprint density at radius 2 is 2.06 bits per heavy atom. The molecule has 0 fully saturated rings. The van der Waals surface area contributed by atoms with E-state index in [1.807, 2.05) is 32.1 Å². The van der Waals surface area contributed by atoms with E-state index in [9.17, 15) is 4.79 Å². The number of ether oxygens (including phenoxy) is 2. The van der Waals surface area contributed by atoms with Gasteiger partial charge in [-0.05, 0) is 30.5 Å². The Hall–Kier alpha value is -1.77. The lowest BCUT2D eigenvalue weighted by atomic mass is 10.0. The Kier molecular flexibility index (Phi) is 4.76. The Labute approximate surface area is 102 Å². The highest BCUT2D eigenvalue weighted by molar-refractivity contribution is 5.69. The van der Waals surface area contributed by atoms with Gasteiger partial charge in [-0.3, -0.25) is 4.79 Å². The molecular weight excluding hydrogens is 216 g/mol. The van der Waals surface area contributed by atoms with Gasteiger partial charge in [-0.15, -0.1) is 6.58 Å². The maximum absolute atomic E-state index is 10.9. The molecule has 0 heterocycles. The van der Waals surface area contributed by atoms with Crippen molar-refractivity contribution in [2.24, 2.45) is 0 Å². The summed E-state index contributed by atoms with van der Waals surface area (Å²) in [6, 6.07) is 5.48. The van der Waals surface area contributed by atoms with Crippen LogP contribution in [0.25, 0.3) is 0 Å². The minimum absolute atomic E-state index is 0.185. The molecule has 17 heavy (non-hydrogen) atoms. The van der Waals surface area contributed by atoms with E-state index < -0.39 is 0 Å². The lowest BCUT2D eigenvalue weighted by Crippen LogP contribution is -2.03. The van der Waals surface area contributed by atoms with Crippen LogP contribution in [0.5, 0.6) is 11.5 Å². The highest BCUT2D eigenvalue weighted by Crippen LogP contribution is 2.28. The quantitative estimate of drug-likeness (QED) is 0.445. The SMILES string of the molecule is C=CC(C)c1cc(OCC)cc(OC(C)=O)c1. The highest BCUT2D eigenvalue weighted by atomic mass is 16.5. The summed E-state index contributed by atoms with van der Waals surface area (Å²) in [5, 5.41) is 0. The van der Waals surface area contributed by atoms with Crippen LogP contribution in [0.4, 0.5) is 0 Å². The zero-order valence-corrected chi connectivity index (χ0v) is 10.5. The monoisotopic (exact) mass is 234 g/mol. The number of esters is 1. The van der Waals surface area contributed by atoms with Gasteiger partial charge in [-0.1, -0.05) is 13.0 Å². The molecule has 92 valence electrons. The van der Waals surface area contributed by atoms with E-state index in [4.69, 9.17) is 9.47 Å². The van der Waals surface area contributed by atoms with Gasteiger partial charge >= 0.3 is 5.97 Å². The number of hydrogen-bond donors (Lipinski definition) is 0. The molecule has 0 aliphatic carbocycles. The van der Waals surface area contributed by atoms with Crippen LogP contribution in [0.15, 0.2) is 30.9 Å². The van der Waals surface area contributed by atoms with Crippen LogP contribution in [0.1, 0.15) is 32.3 Å². The molecule has 1 aromatic carbocycles. The van der Waals surface area contributed by atoms with Crippen LogP contribution in [0.2, 0.25) is 0 Å². The fourth-order valence-corrected chi connectivity index (χ4v) is 1.47. The summed E-state index contributed by atoms with van der Waals surface area (Å²) in [7, 11) is 0. The predicted octanol–water partition coefficient (Wildman–Crippen LogP) is 3.30. The van der Waals surface area contributed by atoms with Gasteiger partial charge in [-0.25, -0.2) is 0 Å². The van der Waals surface area contributed by atoms with Crippen molar-refractivity contribution in [3.05, 3.63) is 36.4 Å². The van der Waals surface area contributed by atoms with Crippen molar-refractivity contribution in [2.45, 2.75) is 26.7 Å². The van der Waals surface area contributed by atoms with E-state index in [0.717, 1.165) is 5.56 Å². The fourth-order valence-electron chi connectivity index (χ4n) is 1.47. The van der Waals surface area contributed by atoms with Gasteiger partial charge in [0.25, 0.3) is 0 Å². The second-order valence-electron chi connectivity index (χ2n) is 3.79. The molecule has 0 radical (unpaired) electrons. The van der Waals surface area contributed by atoms with Gasteiger partial charge in [0, 0.05) is 13.0 Å². The van der Waals surface area contributed by atoms with E-state index in [1.165, 1.54) is 6.92 Å². The summed E-state index contributed by atoms with van der Waals surface area (Å²) in [6.45, 7) is 9.64. The smallest absolute Gasteiger partial charge is 0.308 e. The minimum atomic E-state index is -0.337. The Bertz CT molecular complexity index is 410. The third-order valence-electron chi connectivity index (χ3n) is 2.35. The Morgan fingerprint density at radius 3 is 2.59 bits per heavy atom. The molecule has 1 atom stereocenters. The third-order valence-corrected chi connectivity index (χ3v) is 2.35. The molecule has 0 amide bonds. The van der Waals surface area contributed by atoms with Crippen LogP contribution < -0.4 is 9.47 Å². The average Bonchev–Trinajstić information content (AvgIpc) is 2.27. The van der Waals surface area contributed by atoms with Crippen molar-refractivity contribution in [1.29, 1.82) is 0 Å². The summed E-state index contributed by atoms with van der Waals surface area (Å²) in [5.41, 5.74) is 1.02. The molecule has 0 N–H and O–H groups in total. The summed E-state index contributed by atoms with van der Waals surface area (Å²) >= 11 is 0. The van der Waals surface area contributed by atoms with Crippen LogP contribution in [-0.2, 0) is 4.79 Å². The Morgan fingerprint density at radius 1 is 1.41 bits per heavy atom. The second-order valence-corrected chi connectivity index (χ2v) is 3.79. The average molecular weight is 234 g/mol. The lowest BCUT2D eigenvalue weighted by molar-refractivity contribution is -0.131. The van der Waals surface area contributed by atoms with Crippen molar-refractivity contribution < 1.29 is 14.3 Å². The first-order valence-corrected chi connectivity index (χ1v) is 5.65. The number of carbonyl (C=O) groups is 1. The van der Waals surface area contributed by atoms with Gasteiger partial charge in [-0.2, -0.15) is 0 Å². The van der Waals surface area contributed by atoms with Gasteiger partial charge < -0.3 is 9.47 Å². The zero-order chi connectivity index (χ0) is 12.8. The summed E-state index contributed by atoms with van der Waals surface area (Å²) in [6.07, 6.45) is 1.84. The van der Waals surface area contributed by atoms with E-state index in [1.54, 1.807) is 6.07 Å². The molecule has 1 rings (SSSR count). The summed E-state index contributed by atoms with van der Waals surface area (Å²) < 4.78 is 10.5. The van der Waals surface area contributed by atoms with Gasteiger partial charge in [0.1, 0.15) is 11.5 Å². The van der Waals surface area contributed by atoms with Gasteiger partial charge in [0.05, 0.1) is 6.61 Å². The van der Waals surface area contributed by atoms with Crippen LogP contribution in [-0.4, -0.2) is 12.6 Å². The number of carbonyl (C=O) groups excluding carboxylic acids is 1. The maximum Gasteiger partial charge on any atom is 0.308 e. The molecule has 0 spiro atoms. The molecule has 0 aliphatic heterocycles. The Balaban J connectivity index is 3.08. The molecule has 0 saturated heterocycles. The predicted molar refractivity (Wildman–Crippen MR) is 67.5 cm³/mol. The van der Waals surface area contributed by atoms with Crippen LogP contribution in [0, 0.1) is 0 Å². The molecule has 1 unspecified atom stereocenters. The minimum Gasteiger partial charge on any atom is -0.494 e. The summed E-state index contributed by atoms with van der Waals surface area (Å²) in [4.78, 5) is 10.9. The topological polar surface area (TPSA) is 35.5 Å². The summed E-state index contributed by atoms with van der Waals surface area (Å²) in [5.74, 6) is 1.06. The number of rotatable bonds is 5. The van der Waals surface area contributed by atoms with Crippen molar-refractivity contribution in [1.82, 2.24) is 0 Å².